The van der Waals surface area contributed by atoms with E-state index in [0.29, 0.717) is 37.8 Å². The van der Waals surface area contributed by atoms with Crippen LogP contribution in [0.1, 0.15) is 107 Å². The van der Waals surface area contributed by atoms with Gasteiger partial charge in [-0.1, -0.05) is 87.9 Å². The number of nitrogens with one attached hydrogen (secondary N) is 1. The van der Waals surface area contributed by atoms with Crippen LogP contribution < -0.4 is 5.32 Å². The Morgan fingerprint density at radius 3 is 2.33 bits per heavy atom. The van der Waals surface area contributed by atoms with Gasteiger partial charge in [0.2, 0.25) is 0 Å². The van der Waals surface area contributed by atoms with Crippen molar-refractivity contribution >= 4 is 17.3 Å². The highest BCUT2D eigenvalue weighted by Gasteiger charge is 2.34. The van der Waals surface area contributed by atoms with Gasteiger partial charge in [-0.05, 0) is 71.3 Å². The van der Waals surface area contributed by atoms with Crippen molar-refractivity contribution in [2.45, 2.75) is 90.9 Å². The molecule has 1 fully saturated rings. The Morgan fingerprint density at radius 1 is 0.905 bits per heavy atom. The molecule has 1 saturated carbocycles. The SMILES string of the molecule is CC(C)(CNC(CCC(=O)CC1CCc2ccccc2C2=CC2c2ccccc21)=C1CC1)COCC(C)(C)CC(=O)O. The Bertz CT molecular complexity index is 1380. The molecule has 3 aliphatic carbocycles. The topological polar surface area (TPSA) is 75.6 Å². The number of carboxylic acid groups (broad SMARTS) is 1. The molecule has 2 N–H and O–H groups in total. The Morgan fingerprint density at radius 2 is 1.60 bits per heavy atom. The van der Waals surface area contributed by atoms with Gasteiger partial charge >= 0.3 is 5.97 Å². The number of benzene rings is 2. The molecule has 3 aliphatic rings. The van der Waals surface area contributed by atoms with E-state index < -0.39 is 11.4 Å². The molecule has 0 spiro atoms. The van der Waals surface area contributed by atoms with Gasteiger partial charge in [0, 0.05) is 36.4 Å². The van der Waals surface area contributed by atoms with Gasteiger partial charge < -0.3 is 15.2 Å². The molecule has 2 atom stereocenters. The molecule has 2 aromatic rings. The third-order valence-corrected chi connectivity index (χ3v) is 8.88. The minimum absolute atomic E-state index is 0.0915. The van der Waals surface area contributed by atoms with Crippen LogP contribution >= 0.6 is 0 Å². The summed E-state index contributed by atoms with van der Waals surface area (Å²) in [6.45, 7) is 9.90. The molecule has 5 heteroatoms. The number of carbonyl (C=O) groups is 2. The van der Waals surface area contributed by atoms with Crippen molar-refractivity contribution in [2.24, 2.45) is 10.8 Å². The van der Waals surface area contributed by atoms with Gasteiger partial charge in [0.15, 0.2) is 0 Å². The van der Waals surface area contributed by atoms with Crippen molar-refractivity contribution in [2.75, 3.05) is 19.8 Å². The maximum Gasteiger partial charge on any atom is 0.303 e. The number of hydrogen-bond donors (Lipinski definition) is 2. The predicted molar refractivity (Wildman–Crippen MR) is 168 cm³/mol. The Hall–Kier alpha value is -3.18. The number of allylic oxidation sites excluding steroid dienone is 4. The van der Waals surface area contributed by atoms with Crippen LogP contribution in [0.2, 0.25) is 0 Å². The molecule has 0 saturated heterocycles. The van der Waals surface area contributed by atoms with Crippen molar-refractivity contribution in [1.82, 2.24) is 5.32 Å². The molecule has 0 aromatic heterocycles. The summed E-state index contributed by atoms with van der Waals surface area (Å²) < 4.78 is 5.97. The second kappa shape index (κ2) is 12.6. The second-order valence-corrected chi connectivity index (χ2v) is 14.2. The fourth-order valence-electron chi connectivity index (χ4n) is 6.39. The summed E-state index contributed by atoms with van der Waals surface area (Å²) in [6, 6.07) is 17.5. The average Bonchev–Trinajstić information content (AvgIpc) is 3.85. The normalized spacial score (nSPS) is 19.2. The van der Waals surface area contributed by atoms with Crippen molar-refractivity contribution in [3.8, 4) is 0 Å². The van der Waals surface area contributed by atoms with Gasteiger partial charge in [-0.2, -0.15) is 0 Å². The van der Waals surface area contributed by atoms with Crippen LogP contribution in [0, 0.1) is 10.8 Å². The van der Waals surface area contributed by atoms with Crippen molar-refractivity contribution in [3.05, 3.63) is 88.1 Å². The lowest BCUT2D eigenvalue weighted by molar-refractivity contribution is -0.140. The van der Waals surface area contributed by atoms with Gasteiger partial charge in [0.25, 0.3) is 0 Å². The Labute approximate surface area is 251 Å². The summed E-state index contributed by atoms with van der Waals surface area (Å²) in [5.41, 5.74) is 9.12. The molecule has 0 amide bonds. The number of fused-ring (bicyclic) bond motifs is 5. The van der Waals surface area contributed by atoms with Crippen LogP contribution in [-0.2, 0) is 20.7 Å². The first kappa shape index (κ1) is 30.3. The number of aliphatic carboxylic acids is 1. The maximum atomic E-state index is 13.5. The highest BCUT2D eigenvalue weighted by atomic mass is 16.5. The fourth-order valence-corrected chi connectivity index (χ4v) is 6.39. The summed E-state index contributed by atoms with van der Waals surface area (Å²) in [7, 11) is 0. The first-order chi connectivity index (χ1) is 20.0. The third kappa shape index (κ3) is 8.01. The zero-order chi connectivity index (χ0) is 29.9. The Kier molecular flexibility index (Phi) is 9.08. The van der Waals surface area contributed by atoms with E-state index in [1.165, 1.54) is 39.1 Å². The molecule has 42 heavy (non-hydrogen) atoms. The van der Waals surface area contributed by atoms with Gasteiger partial charge in [-0.3, -0.25) is 9.59 Å². The van der Waals surface area contributed by atoms with Crippen LogP contribution in [0.25, 0.3) is 5.57 Å². The molecule has 2 aromatic carbocycles. The van der Waals surface area contributed by atoms with Crippen molar-refractivity contribution in [3.63, 3.8) is 0 Å². The molecule has 224 valence electrons. The van der Waals surface area contributed by atoms with Crippen LogP contribution in [0.3, 0.4) is 0 Å². The minimum Gasteiger partial charge on any atom is -0.481 e. The molecule has 5 nitrogen and oxygen atoms in total. The zero-order valence-corrected chi connectivity index (χ0v) is 25.8. The van der Waals surface area contributed by atoms with Crippen LogP contribution in [-0.4, -0.2) is 36.6 Å². The zero-order valence-electron chi connectivity index (χ0n) is 25.8. The van der Waals surface area contributed by atoms with Crippen LogP contribution in [0.15, 0.2) is 65.9 Å². The van der Waals surface area contributed by atoms with Crippen molar-refractivity contribution in [1.29, 1.82) is 0 Å². The molecule has 0 aliphatic heterocycles. The van der Waals surface area contributed by atoms with E-state index in [1.807, 2.05) is 13.8 Å². The van der Waals surface area contributed by atoms with E-state index in [2.05, 4.69) is 73.8 Å². The van der Waals surface area contributed by atoms with Crippen LogP contribution in [0.4, 0.5) is 0 Å². The molecule has 2 unspecified atom stereocenters. The van der Waals surface area contributed by atoms with Crippen LogP contribution in [0.5, 0.6) is 0 Å². The number of aryl methyl sites for hydroxylation is 1. The Balaban J connectivity index is 1.16. The summed E-state index contributed by atoms with van der Waals surface area (Å²) >= 11 is 0. The third-order valence-electron chi connectivity index (χ3n) is 8.88. The van der Waals surface area contributed by atoms with E-state index in [9.17, 15) is 9.59 Å². The van der Waals surface area contributed by atoms with E-state index in [-0.39, 0.29) is 17.8 Å². The number of rotatable bonds is 14. The lowest BCUT2D eigenvalue weighted by atomic mass is 9.84. The minimum atomic E-state index is -0.798. The van der Waals surface area contributed by atoms with Gasteiger partial charge in [-0.15, -0.1) is 0 Å². The molecule has 5 rings (SSSR count). The number of Topliss-reactive ketones (excluding diaryl/α,β-unsaturated/α-hetero) is 1. The van der Waals surface area contributed by atoms with E-state index in [0.717, 1.165) is 38.6 Å². The molecular weight excluding hydrogens is 522 g/mol. The summed E-state index contributed by atoms with van der Waals surface area (Å²) in [5, 5.41) is 12.8. The summed E-state index contributed by atoms with van der Waals surface area (Å²) in [5.74, 6) is 0.161. The quantitative estimate of drug-likeness (QED) is 0.243. The van der Waals surface area contributed by atoms with Gasteiger partial charge in [0.05, 0.1) is 19.6 Å². The van der Waals surface area contributed by atoms with E-state index in [1.54, 1.807) is 0 Å². The van der Waals surface area contributed by atoms with E-state index in [4.69, 9.17) is 9.84 Å². The number of carbonyl (C=O) groups excluding carboxylic acids is 1. The largest absolute Gasteiger partial charge is 0.481 e. The maximum absolute atomic E-state index is 13.5. The summed E-state index contributed by atoms with van der Waals surface area (Å²) in [6.07, 6.45) is 8.61. The molecular formula is C37H47NO4. The predicted octanol–water partition coefficient (Wildman–Crippen LogP) is 7.82. The highest BCUT2D eigenvalue weighted by molar-refractivity contribution is 5.88. The highest BCUT2D eigenvalue weighted by Crippen LogP contribution is 2.51. The van der Waals surface area contributed by atoms with Gasteiger partial charge in [0.1, 0.15) is 5.78 Å². The molecule has 0 bridgehead atoms. The fraction of sp³-hybridized carbons (Fsp3) is 0.514. The molecule has 0 radical (unpaired) electrons. The van der Waals surface area contributed by atoms with Gasteiger partial charge in [-0.25, -0.2) is 0 Å². The first-order valence-corrected chi connectivity index (χ1v) is 15.7. The number of ketones is 1. The summed E-state index contributed by atoms with van der Waals surface area (Å²) in [4.78, 5) is 24.6. The van der Waals surface area contributed by atoms with E-state index >= 15 is 0 Å². The molecule has 0 heterocycles. The lowest BCUT2D eigenvalue weighted by Crippen LogP contribution is -2.34. The lowest BCUT2D eigenvalue weighted by Gasteiger charge is -2.29. The standard InChI is InChI=1S/C37H47NO4/c1-36(2,21-35(40)41)23-42-24-37(3,4)22-38-34(26-14-15-26)18-17-28(39)19-27-16-13-25-9-5-6-10-29(25)32-20-33(32)31-12-8-7-11-30(27)31/h5-12,20,27,33,38H,13-19,21-24H2,1-4H3,(H,40,41). The van der Waals surface area contributed by atoms with Crippen molar-refractivity contribution < 1.29 is 19.4 Å². The first-order valence-electron chi connectivity index (χ1n) is 15.7. The smallest absolute Gasteiger partial charge is 0.303 e. The number of ether oxygens (including phenoxy) is 1. The number of hydrogen-bond acceptors (Lipinski definition) is 4. The second-order valence-electron chi connectivity index (χ2n) is 14.2. The average molecular weight is 570 g/mol. The monoisotopic (exact) mass is 569 g/mol. The number of carboxylic acids is 1.